The van der Waals surface area contributed by atoms with Gasteiger partial charge in [0.15, 0.2) is 0 Å². The molecule has 0 aromatic carbocycles. The molecule has 0 aromatic heterocycles. The minimum Gasteiger partial charge on any atom is -0.313 e. The molecule has 0 spiro atoms. The number of alkyl halides is 1. The molecule has 0 bridgehead atoms. The molecule has 23 heavy (non-hydrogen) atoms. The number of Topliss-reactive ketones (excluding diaryl/α,β-unsaturated/α-hetero) is 2. The summed E-state index contributed by atoms with van der Waals surface area (Å²) in [5, 5.41) is 6.39. The van der Waals surface area contributed by atoms with Crippen LogP contribution in [0.3, 0.4) is 0 Å². The summed E-state index contributed by atoms with van der Waals surface area (Å²) in [5.41, 5.74) is 2.72. The Labute approximate surface area is 142 Å². The van der Waals surface area contributed by atoms with Crippen molar-refractivity contribution in [1.29, 1.82) is 0 Å². The van der Waals surface area contributed by atoms with E-state index in [9.17, 15) is 9.59 Å². The summed E-state index contributed by atoms with van der Waals surface area (Å²) >= 11 is 6.45. The lowest BCUT2D eigenvalue weighted by Gasteiger charge is -2.38. The van der Waals surface area contributed by atoms with Gasteiger partial charge in [-0.25, -0.2) is 0 Å². The van der Waals surface area contributed by atoms with Crippen molar-refractivity contribution < 1.29 is 9.59 Å². The van der Waals surface area contributed by atoms with E-state index in [1.54, 1.807) is 0 Å². The molecule has 124 valence electrons. The number of rotatable bonds is 5. The molecular formula is C18H23ClN2O2. The number of piperidine rings is 1. The quantitative estimate of drug-likeness (QED) is 0.458. The third-order valence-electron chi connectivity index (χ3n) is 4.76. The molecule has 3 aliphatic rings. The molecule has 1 fully saturated rings. The van der Waals surface area contributed by atoms with E-state index in [-0.39, 0.29) is 35.4 Å². The van der Waals surface area contributed by atoms with Gasteiger partial charge in [0.05, 0.1) is 18.0 Å². The Kier molecular flexibility index (Phi) is 5.14. The minimum absolute atomic E-state index is 0.0964. The third-order valence-corrected chi connectivity index (χ3v) is 5.19. The number of carbonyl (C=O) groups excluding carboxylic acids is 2. The maximum atomic E-state index is 12.4. The number of hydrogen-bond donors (Lipinski definition) is 2. The van der Waals surface area contributed by atoms with Crippen molar-refractivity contribution in [1.82, 2.24) is 10.6 Å². The molecule has 5 heteroatoms. The van der Waals surface area contributed by atoms with E-state index in [1.165, 1.54) is 6.42 Å². The second kappa shape index (κ2) is 7.12. The molecule has 2 aliphatic carbocycles. The van der Waals surface area contributed by atoms with Gasteiger partial charge in [-0.05, 0) is 30.5 Å². The second-order valence-electron chi connectivity index (χ2n) is 6.45. The molecule has 3 unspecified atom stereocenters. The first-order valence-electron chi connectivity index (χ1n) is 8.40. The van der Waals surface area contributed by atoms with Crippen molar-refractivity contribution in [3.05, 3.63) is 34.9 Å². The van der Waals surface area contributed by atoms with Crippen LogP contribution in [0.25, 0.3) is 0 Å². The second-order valence-corrected chi connectivity index (χ2v) is 7.01. The van der Waals surface area contributed by atoms with E-state index < -0.39 is 0 Å². The summed E-state index contributed by atoms with van der Waals surface area (Å²) in [4.78, 5) is 24.2. The van der Waals surface area contributed by atoms with Crippen molar-refractivity contribution in [3.63, 3.8) is 0 Å². The van der Waals surface area contributed by atoms with E-state index in [0.717, 1.165) is 37.1 Å². The summed E-state index contributed by atoms with van der Waals surface area (Å²) in [5.74, 6) is -0.581. The van der Waals surface area contributed by atoms with Crippen LogP contribution in [-0.2, 0) is 9.59 Å². The van der Waals surface area contributed by atoms with E-state index in [1.807, 2.05) is 0 Å². The van der Waals surface area contributed by atoms with E-state index in [4.69, 9.17) is 11.6 Å². The van der Waals surface area contributed by atoms with Gasteiger partial charge in [-0.1, -0.05) is 31.6 Å². The number of unbranched alkanes of at least 4 members (excludes halogenated alkanes) is 1. The molecule has 3 rings (SSSR count). The zero-order valence-electron chi connectivity index (χ0n) is 13.4. The van der Waals surface area contributed by atoms with Crippen molar-refractivity contribution in [2.45, 2.75) is 37.6 Å². The topological polar surface area (TPSA) is 58.2 Å². The van der Waals surface area contributed by atoms with Gasteiger partial charge in [0.25, 0.3) is 0 Å². The summed E-state index contributed by atoms with van der Waals surface area (Å²) in [6.45, 7) is 4.04. The molecule has 0 radical (unpaired) electrons. The van der Waals surface area contributed by atoms with Crippen LogP contribution in [0.1, 0.15) is 26.2 Å². The zero-order chi connectivity index (χ0) is 16.4. The van der Waals surface area contributed by atoms with Crippen molar-refractivity contribution >= 4 is 23.2 Å². The minimum atomic E-state index is -0.362. The van der Waals surface area contributed by atoms with Gasteiger partial charge in [0.2, 0.25) is 11.6 Å². The summed E-state index contributed by atoms with van der Waals surface area (Å²) in [7, 11) is 0. The van der Waals surface area contributed by atoms with Crippen LogP contribution in [0.2, 0.25) is 0 Å². The van der Waals surface area contributed by atoms with Gasteiger partial charge >= 0.3 is 0 Å². The molecule has 3 atom stereocenters. The standard InChI is InChI=1S/C18H23ClN2O2/c1-2-3-6-20-9-11-4-5-12-8-14(19)17-16(13(12)7-11)18(23)15(22)10-21-17/h4-5,7,12,14,17,20-21H,2-3,6,8-10H2,1H3. The molecular weight excluding hydrogens is 312 g/mol. The maximum Gasteiger partial charge on any atom is 0.227 e. The highest BCUT2D eigenvalue weighted by Gasteiger charge is 2.42. The Balaban J connectivity index is 1.86. The fourth-order valence-corrected chi connectivity index (χ4v) is 3.91. The Bertz CT molecular complexity index is 606. The zero-order valence-corrected chi connectivity index (χ0v) is 14.2. The lowest BCUT2D eigenvalue weighted by Crippen LogP contribution is -2.54. The summed E-state index contributed by atoms with van der Waals surface area (Å²) < 4.78 is 0. The number of allylic oxidation sites excluding steroid dienone is 3. The Hall–Kier alpha value is -1.23. The molecule has 1 aliphatic heterocycles. The largest absolute Gasteiger partial charge is 0.313 e. The molecule has 2 N–H and O–H groups in total. The fraction of sp³-hybridized carbons (Fsp3) is 0.556. The van der Waals surface area contributed by atoms with E-state index in [0.29, 0.717) is 5.57 Å². The van der Waals surface area contributed by atoms with Crippen LogP contribution in [-0.4, -0.2) is 42.6 Å². The summed E-state index contributed by atoms with van der Waals surface area (Å²) in [6.07, 6.45) is 9.42. The SMILES string of the molecule is CCCCNCC1=CC2=C3C(=O)C(=O)CNC3C(Cl)CC2C=C1. The van der Waals surface area contributed by atoms with Crippen molar-refractivity contribution in [2.24, 2.45) is 5.92 Å². The van der Waals surface area contributed by atoms with E-state index in [2.05, 4.69) is 35.8 Å². The molecule has 0 amide bonds. The first-order chi connectivity index (χ1) is 11.1. The van der Waals surface area contributed by atoms with E-state index >= 15 is 0 Å². The van der Waals surface area contributed by atoms with Crippen molar-refractivity contribution in [3.8, 4) is 0 Å². The van der Waals surface area contributed by atoms with Crippen LogP contribution in [0.15, 0.2) is 34.9 Å². The van der Waals surface area contributed by atoms with Crippen LogP contribution in [0, 0.1) is 5.92 Å². The normalized spacial score (nSPS) is 30.2. The lowest BCUT2D eigenvalue weighted by molar-refractivity contribution is -0.135. The number of hydrogen-bond acceptors (Lipinski definition) is 4. The van der Waals surface area contributed by atoms with Gasteiger partial charge < -0.3 is 10.6 Å². The highest BCUT2D eigenvalue weighted by molar-refractivity contribution is 6.46. The van der Waals surface area contributed by atoms with Gasteiger partial charge in [0, 0.05) is 18.0 Å². The van der Waals surface area contributed by atoms with Crippen LogP contribution >= 0.6 is 11.6 Å². The first-order valence-corrected chi connectivity index (χ1v) is 8.84. The highest BCUT2D eigenvalue weighted by atomic mass is 35.5. The predicted molar refractivity (Wildman–Crippen MR) is 91.6 cm³/mol. The van der Waals surface area contributed by atoms with Crippen LogP contribution in [0.4, 0.5) is 0 Å². The number of nitrogens with one attached hydrogen (secondary N) is 2. The monoisotopic (exact) mass is 334 g/mol. The Morgan fingerprint density at radius 3 is 3.00 bits per heavy atom. The third kappa shape index (κ3) is 3.35. The van der Waals surface area contributed by atoms with Gasteiger partial charge in [-0.2, -0.15) is 0 Å². The fourth-order valence-electron chi connectivity index (χ4n) is 3.50. The number of halogens is 1. The molecule has 4 nitrogen and oxygen atoms in total. The van der Waals surface area contributed by atoms with Crippen LogP contribution < -0.4 is 10.6 Å². The Morgan fingerprint density at radius 2 is 2.22 bits per heavy atom. The number of carbonyl (C=O) groups is 2. The summed E-state index contributed by atoms with van der Waals surface area (Å²) in [6, 6.07) is -0.204. The average Bonchev–Trinajstić information content (AvgIpc) is 2.55. The van der Waals surface area contributed by atoms with Crippen molar-refractivity contribution in [2.75, 3.05) is 19.6 Å². The first kappa shape index (κ1) is 16.6. The average molecular weight is 335 g/mol. The molecule has 0 saturated carbocycles. The van der Waals surface area contributed by atoms with Crippen LogP contribution in [0.5, 0.6) is 0 Å². The van der Waals surface area contributed by atoms with Gasteiger partial charge in [-0.3, -0.25) is 9.59 Å². The lowest BCUT2D eigenvalue weighted by atomic mass is 9.73. The van der Waals surface area contributed by atoms with Gasteiger partial charge in [0.1, 0.15) is 0 Å². The molecule has 0 aromatic rings. The Morgan fingerprint density at radius 1 is 1.39 bits per heavy atom. The molecule has 1 heterocycles. The number of ketones is 2. The molecule has 1 saturated heterocycles. The highest BCUT2D eigenvalue weighted by Crippen LogP contribution is 2.39. The smallest absolute Gasteiger partial charge is 0.227 e. The van der Waals surface area contributed by atoms with Gasteiger partial charge in [-0.15, -0.1) is 11.6 Å². The maximum absolute atomic E-state index is 12.4. The predicted octanol–water partition coefficient (Wildman–Crippen LogP) is 1.91. The number of fused-ring (bicyclic) bond motifs is 2.